The van der Waals surface area contributed by atoms with Gasteiger partial charge in [-0.1, -0.05) is 73.5 Å². The molecule has 0 aliphatic heterocycles. The van der Waals surface area contributed by atoms with Crippen LogP contribution in [0.5, 0.6) is 0 Å². The van der Waals surface area contributed by atoms with Gasteiger partial charge < -0.3 is 17.6 Å². The summed E-state index contributed by atoms with van der Waals surface area (Å²) in [6.07, 6.45) is 10.8. The van der Waals surface area contributed by atoms with E-state index in [0.29, 0.717) is 0 Å². The third-order valence-corrected chi connectivity index (χ3v) is 4.85. The van der Waals surface area contributed by atoms with Crippen LogP contribution in [0.3, 0.4) is 0 Å². The number of nitrogens with zero attached hydrogens (tertiary/aromatic N) is 2. The van der Waals surface area contributed by atoms with Crippen molar-refractivity contribution < 1.29 is 27.0 Å². The number of hydrogen-bond acceptors (Lipinski definition) is 4. The van der Waals surface area contributed by atoms with E-state index in [1.54, 1.807) is 24.6 Å². The summed E-state index contributed by atoms with van der Waals surface area (Å²) in [6.45, 7) is 0. The Hall–Kier alpha value is -2.63. The molecule has 2 N–H and O–H groups in total. The molecule has 1 fully saturated rings. The van der Waals surface area contributed by atoms with Crippen molar-refractivity contribution in [3.8, 4) is 0 Å². The van der Waals surface area contributed by atoms with E-state index in [9.17, 15) is 10.2 Å². The molecule has 0 bridgehead atoms. The molecule has 0 spiro atoms. The van der Waals surface area contributed by atoms with Crippen LogP contribution in [0.2, 0.25) is 0 Å². The molecule has 30 heavy (non-hydrogen) atoms. The quantitative estimate of drug-likeness (QED) is 0.319. The zero-order chi connectivity index (χ0) is 19.6. The zero-order valence-corrected chi connectivity index (χ0v) is 18.2. The summed E-state index contributed by atoms with van der Waals surface area (Å²) in [5.41, 5.74) is 1.54. The van der Waals surface area contributed by atoms with Crippen molar-refractivity contribution in [3.05, 3.63) is 91.4 Å². The Morgan fingerprint density at radius 3 is 1.43 bits per heavy atom. The molecule has 0 heterocycles. The molecule has 2 aromatic rings. The second kappa shape index (κ2) is 13.6. The number of allylic oxidation sites excluding steroid dienone is 2. The van der Waals surface area contributed by atoms with Crippen LogP contribution in [0.15, 0.2) is 82.8 Å². The summed E-state index contributed by atoms with van der Waals surface area (Å²) in [7, 11) is 0. The molecule has 2 aromatic carbocycles. The number of benzene rings is 2. The number of aliphatic hydroxyl groups excluding tert-OH is 2. The molecule has 5 heteroatoms. The first kappa shape index (κ1) is 25.4. The Kier molecular flexibility index (Phi) is 11.5. The fourth-order valence-electron chi connectivity index (χ4n) is 3.30. The molecule has 4 nitrogen and oxygen atoms in total. The van der Waals surface area contributed by atoms with Crippen molar-refractivity contribution in [2.45, 2.75) is 37.8 Å². The summed E-state index contributed by atoms with van der Waals surface area (Å²) in [5, 5.41) is 20.3. The van der Waals surface area contributed by atoms with Crippen LogP contribution in [0.25, 0.3) is 11.5 Å². The maximum Gasteiger partial charge on any atom is 0.124 e. The van der Waals surface area contributed by atoms with Gasteiger partial charge in [0, 0.05) is 40.3 Å². The molecule has 2 atom stereocenters. The predicted molar refractivity (Wildman–Crippen MR) is 124 cm³/mol. The van der Waals surface area contributed by atoms with E-state index < -0.39 is 0 Å². The minimum absolute atomic E-state index is 0. The normalized spacial score (nSPS) is 20.0. The van der Waals surface area contributed by atoms with Gasteiger partial charge in [0.15, 0.2) is 0 Å². The third kappa shape index (κ3) is 7.65. The summed E-state index contributed by atoms with van der Waals surface area (Å²) < 4.78 is 0. The SMILES string of the molecule is O/C(=C\C=NC1CCCCC1N=C/C=C(\O)c1ccccc1)c1ccccc1.[CH3-].[Co]. The average molecular weight is 448 g/mol. The van der Waals surface area contributed by atoms with Crippen LogP contribution in [0.1, 0.15) is 36.8 Å². The molecule has 0 amide bonds. The zero-order valence-electron chi connectivity index (χ0n) is 17.2. The van der Waals surface area contributed by atoms with Gasteiger partial charge >= 0.3 is 0 Å². The van der Waals surface area contributed by atoms with Gasteiger partial charge in [-0.15, -0.1) is 0 Å². The van der Waals surface area contributed by atoms with Gasteiger partial charge in [0.05, 0.1) is 12.1 Å². The minimum Gasteiger partial charge on any atom is -0.507 e. The first-order valence-corrected chi connectivity index (χ1v) is 9.70. The largest absolute Gasteiger partial charge is 0.507 e. The van der Waals surface area contributed by atoms with Crippen LogP contribution in [0.4, 0.5) is 0 Å². The Morgan fingerprint density at radius 2 is 1.07 bits per heavy atom. The average Bonchev–Trinajstić information content (AvgIpc) is 2.76. The van der Waals surface area contributed by atoms with Crippen molar-refractivity contribution in [1.82, 2.24) is 0 Å². The summed E-state index contributed by atoms with van der Waals surface area (Å²) in [5.74, 6) is 0.409. The molecular formula is C25H29CoN2O2-. The van der Waals surface area contributed by atoms with Gasteiger partial charge in [0.2, 0.25) is 0 Å². The Bertz CT molecular complexity index is 788. The van der Waals surface area contributed by atoms with E-state index in [1.807, 2.05) is 60.7 Å². The van der Waals surface area contributed by atoms with E-state index >= 15 is 0 Å². The van der Waals surface area contributed by atoms with Gasteiger partial charge in [-0.2, -0.15) is 0 Å². The molecule has 1 radical (unpaired) electrons. The van der Waals surface area contributed by atoms with Crippen LogP contribution in [0, 0.1) is 7.43 Å². The molecular weight excluding hydrogens is 419 g/mol. The van der Waals surface area contributed by atoms with Crippen molar-refractivity contribution >= 4 is 23.9 Å². The molecule has 1 aliphatic rings. The predicted octanol–water partition coefficient (Wildman–Crippen LogP) is 6.09. The second-order valence-electron chi connectivity index (χ2n) is 6.85. The fraction of sp³-hybridized carbons (Fsp3) is 0.240. The van der Waals surface area contributed by atoms with Crippen molar-refractivity contribution in [3.63, 3.8) is 0 Å². The minimum atomic E-state index is 0. The number of aliphatic imine (C=N–C) groups is 2. The Balaban J connectivity index is 0.00000225. The number of rotatable bonds is 6. The van der Waals surface area contributed by atoms with Gasteiger partial charge in [0.25, 0.3) is 0 Å². The van der Waals surface area contributed by atoms with Crippen LogP contribution in [-0.2, 0) is 16.8 Å². The first-order valence-electron chi connectivity index (χ1n) is 9.70. The Labute approximate surface area is 190 Å². The number of aliphatic hydroxyl groups is 2. The van der Waals surface area contributed by atoms with Crippen molar-refractivity contribution in [2.24, 2.45) is 9.98 Å². The maximum absolute atomic E-state index is 10.1. The van der Waals surface area contributed by atoms with Crippen LogP contribution in [-0.4, -0.2) is 34.7 Å². The van der Waals surface area contributed by atoms with Gasteiger partial charge in [0.1, 0.15) is 11.5 Å². The van der Waals surface area contributed by atoms with Crippen LogP contribution < -0.4 is 0 Å². The monoisotopic (exact) mass is 448 g/mol. The van der Waals surface area contributed by atoms with Gasteiger partial charge in [-0.05, 0) is 25.0 Å². The van der Waals surface area contributed by atoms with Crippen molar-refractivity contribution in [1.29, 1.82) is 0 Å². The molecule has 0 aromatic heterocycles. The molecule has 1 saturated carbocycles. The molecule has 1 aliphatic carbocycles. The van der Waals surface area contributed by atoms with Gasteiger partial charge in [-0.25, -0.2) is 0 Å². The Morgan fingerprint density at radius 1 is 0.700 bits per heavy atom. The van der Waals surface area contributed by atoms with E-state index in [4.69, 9.17) is 0 Å². The summed E-state index contributed by atoms with van der Waals surface area (Å²) in [4.78, 5) is 9.26. The first-order chi connectivity index (χ1) is 13.7. The van der Waals surface area contributed by atoms with Gasteiger partial charge in [-0.3, -0.25) is 9.98 Å². The maximum atomic E-state index is 10.1. The molecule has 161 valence electrons. The molecule has 0 saturated heterocycles. The van der Waals surface area contributed by atoms with E-state index in [0.717, 1.165) is 36.8 Å². The van der Waals surface area contributed by atoms with Crippen molar-refractivity contribution in [2.75, 3.05) is 0 Å². The third-order valence-electron chi connectivity index (χ3n) is 4.85. The number of hydrogen-bond donors (Lipinski definition) is 2. The van der Waals surface area contributed by atoms with Crippen LogP contribution >= 0.6 is 0 Å². The smallest absolute Gasteiger partial charge is 0.124 e. The van der Waals surface area contributed by atoms with E-state index in [2.05, 4.69) is 9.98 Å². The standard InChI is InChI=1S/C24H26N2O2.CH3.Co/c27-23(19-9-3-1-4-10-19)15-17-25-21-13-7-8-14-22(21)26-18-16-24(28)20-11-5-2-6-12-20;;/h1-6,9-12,15-18,21-22,27-28H,7-8,13-14H2;1H3;/q;-1;/b23-15-,24-16-,25-17?,26-18?;;. The molecule has 3 rings (SSSR count). The summed E-state index contributed by atoms with van der Waals surface area (Å²) in [6, 6.07) is 19.0. The van der Waals surface area contributed by atoms with E-state index in [1.165, 1.54) is 0 Å². The summed E-state index contributed by atoms with van der Waals surface area (Å²) >= 11 is 0. The van der Waals surface area contributed by atoms with E-state index in [-0.39, 0.29) is 47.8 Å². The second-order valence-corrected chi connectivity index (χ2v) is 6.85. The topological polar surface area (TPSA) is 65.2 Å². The molecule has 2 unspecified atom stereocenters. The fourth-order valence-corrected chi connectivity index (χ4v) is 3.30.